The Kier molecular flexibility index (Phi) is 10.2. The molecule has 1 saturated carbocycles. The lowest BCUT2D eigenvalue weighted by Gasteiger charge is -2.32. The lowest BCUT2D eigenvalue weighted by atomic mass is 9.84. The first-order valence-electron chi connectivity index (χ1n) is 14.9. The van der Waals surface area contributed by atoms with Crippen LogP contribution in [0.2, 0.25) is 0 Å². The molecule has 1 aromatic heterocycles. The van der Waals surface area contributed by atoms with E-state index < -0.39 is 40.7 Å². The first-order chi connectivity index (χ1) is 20.6. The number of nitrogens with zero attached hydrogens (tertiary/aromatic N) is 2. The third kappa shape index (κ3) is 7.68. The number of anilines is 1. The third-order valence-electron chi connectivity index (χ3n) is 8.17. The quantitative estimate of drug-likeness (QED) is 0.281. The third-order valence-corrected chi connectivity index (χ3v) is 9.34. The zero-order valence-electron chi connectivity index (χ0n) is 26.1. The topological polar surface area (TPSA) is 85.4 Å². The molecule has 12 heteroatoms. The van der Waals surface area contributed by atoms with Crippen LogP contribution in [0.3, 0.4) is 0 Å². The van der Waals surface area contributed by atoms with Gasteiger partial charge >= 0.3 is 18.2 Å². The lowest BCUT2D eigenvalue weighted by molar-refractivity contribution is -0.144. The van der Waals surface area contributed by atoms with E-state index in [-0.39, 0.29) is 18.9 Å². The van der Waals surface area contributed by atoms with E-state index in [1.54, 1.807) is 39.0 Å². The van der Waals surface area contributed by atoms with Crippen LogP contribution in [0.1, 0.15) is 91.7 Å². The second kappa shape index (κ2) is 13.4. The molecule has 2 aromatic rings. The number of thiophene rings is 1. The van der Waals surface area contributed by atoms with Gasteiger partial charge in [-0.15, -0.1) is 11.3 Å². The Balaban J connectivity index is 1.52. The maximum absolute atomic E-state index is 13.9. The largest absolute Gasteiger partial charge is 0.488 e. The molecule has 1 atom stereocenters. The van der Waals surface area contributed by atoms with Gasteiger partial charge in [-0.1, -0.05) is 19.3 Å². The predicted octanol–water partition coefficient (Wildman–Crippen LogP) is 7.39. The van der Waals surface area contributed by atoms with Gasteiger partial charge in [-0.25, -0.2) is 4.79 Å². The predicted molar refractivity (Wildman–Crippen MR) is 161 cm³/mol. The fraction of sp³-hybridized carbons (Fsp3) is 0.594. The minimum Gasteiger partial charge on any atom is -0.488 e. The van der Waals surface area contributed by atoms with E-state index >= 15 is 0 Å². The van der Waals surface area contributed by atoms with Gasteiger partial charge in [-0.05, 0) is 87.8 Å². The zero-order valence-corrected chi connectivity index (χ0v) is 27.0. The summed E-state index contributed by atoms with van der Waals surface area (Å²) in [6.07, 6.45) is -0.497. The van der Waals surface area contributed by atoms with Crippen LogP contribution >= 0.6 is 11.3 Å². The van der Waals surface area contributed by atoms with Crippen molar-refractivity contribution < 1.29 is 41.8 Å². The number of halogens is 3. The van der Waals surface area contributed by atoms with Gasteiger partial charge in [-0.3, -0.25) is 14.5 Å². The number of amides is 2. The van der Waals surface area contributed by atoms with Gasteiger partial charge in [-0.2, -0.15) is 13.2 Å². The van der Waals surface area contributed by atoms with Crippen molar-refractivity contribution in [3.8, 4) is 5.75 Å². The molecule has 1 fully saturated rings. The minimum atomic E-state index is -4.40. The number of hydrogen-bond acceptors (Lipinski definition) is 7. The van der Waals surface area contributed by atoms with Gasteiger partial charge in [0.15, 0.2) is 0 Å². The molecule has 1 aromatic carbocycles. The number of fused-ring (bicyclic) bond motifs is 1. The molecule has 2 amide bonds. The Morgan fingerprint density at radius 2 is 1.80 bits per heavy atom. The molecule has 0 spiro atoms. The van der Waals surface area contributed by atoms with Crippen molar-refractivity contribution in [1.82, 2.24) is 4.90 Å². The van der Waals surface area contributed by atoms with E-state index in [1.807, 2.05) is 6.92 Å². The van der Waals surface area contributed by atoms with Gasteiger partial charge in [0, 0.05) is 24.2 Å². The van der Waals surface area contributed by atoms with Crippen LogP contribution in [0.25, 0.3) is 0 Å². The number of esters is 1. The van der Waals surface area contributed by atoms with Crippen LogP contribution in [-0.2, 0) is 38.3 Å². The summed E-state index contributed by atoms with van der Waals surface area (Å²) >= 11 is 0.750. The number of carbonyl (C=O) groups is 3. The number of benzene rings is 1. The Morgan fingerprint density at radius 1 is 1.11 bits per heavy atom. The number of alkyl halides is 3. The second-order valence-corrected chi connectivity index (χ2v) is 13.6. The van der Waals surface area contributed by atoms with Crippen molar-refractivity contribution in [2.24, 2.45) is 0 Å². The number of rotatable bonds is 8. The standard InChI is InChI=1S/C32H41F3N2O6S/c1-19-22-14-15-37(29(39)25(17-27(38)41-6)36(5)30(40)43-31(2,3)4)24(22)12-13-26(19)42-18-21-16-23(20-10-8-7-9-11-20)28(44-21)32(33,34)35/h12-13,16,20,25H,7-11,14-15,17-18H2,1-6H3/t25-/m1/s1. The Morgan fingerprint density at radius 3 is 2.41 bits per heavy atom. The van der Waals surface area contributed by atoms with Crippen LogP contribution < -0.4 is 9.64 Å². The molecule has 242 valence electrons. The number of hydrogen-bond donors (Lipinski definition) is 0. The van der Waals surface area contributed by atoms with Crippen molar-refractivity contribution in [3.05, 3.63) is 44.6 Å². The van der Waals surface area contributed by atoms with Gasteiger partial charge in [0.25, 0.3) is 5.91 Å². The molecule has 8 nitrogen and oxygen atoms in total. The van der Waals surface area contributed by atoms with E-state index in [0.717, 1.165) is 59.5 Å². The van der Waals surface area contributed by atoms with Gasteiger partial charge in [0.05, 0.1) is 13.5 Å². The number of ether oxygens (including phenoxy) is 3. The summed E-state index contributed by atoms with van der Waals surface area (Å²) in [5.74, 6) is -0.652. The van der Waals surface area contributed by atoms with Gasteiger partial charge in [0.2, 0.25) is 0 Å². The van der Waals surface area contributed by atoms with Crippen molar-refractivity contribution in [1.29, 1.82) is 0 Å². The fourth-order valence-electron chi connectivity index (χ4n) is 5.91. The van der Waals surface area contributed by atoms with Crippen LogP contribution in [0.15, 0.2) is 18.2 Å². The second-order valence-electron chi connectivity index (χ2n) is 12.4. The highest BCUT2D eigenvalue weighted by Gasteiger charge is 2.39. The Labute approximate surface area is 260 Å². The van der Waals surface area contributed by atoms with E-state index in [0.29, 0.717) is 34.8 Å². The van der Waals surface area contributed by atoms with Crippen LogP contribution in [0.4, 0.5) is 23.7 Å². The molecule has 2 heterocycles. The summed E-state index contributed by atoms with van der Waals surface area (Å²) in [5.41, 5.74) is 1.86. The highest BCUT2D eigenvalue weighted by Crippen LogP contribution is 2.45. The normalized spacial score (nSPS) is 16.3. The van der Waals surface area contributed by atoms with Crippen molar-refractivity contribution in [2.45, 2.75) is 103 Å². The average Bonchev–Trinajstić information content (AvgIpc) is 3.60. The minimum absolute atomic E-state index is 0.00459. The highest BCUT2D eigenvalue weighted by atomic mass is 32.1. The first-order valence-corrected chi connectivity index (χ1v) is 15.7. The number of carbonyl (C=O) groups excluding carboxylic acids is 3. The monoisotopic (exact) mass is 638 g/mol. The summed E-state index contributed by atoms with van der Waals surface area (Å²) in [7, 11) is 2.62. The highest BCUT2D eigenvalue weighted by molar-refractivity contribution is 7.12. The molecule has 1 aliphatic heterocycles. The number of methoxy groups -OCH3 is 1. The molecule has 1 aliphatic carbocycles. The lowest BCUT2D eigenvalue weighted by Crippen LogP contribution is -2.51. The van der Waals surface area contributed by atoms with E-state index in [9.17, 15) is 27.6 Å². The van der Waals surface area contributed by atoms with Crippen molar-refractivity contribution >= 4 is 35.0 Å². The molecule has 0 unspecified atom stereocenters. The summed E-state index contributed by atoms with van der Waals surface area (Å²) < 4.78 is 57.9. The zero-order chi connectivity index (χ0) is 32.4. The van der Waals surface area contributed by atoms with Crippen LogP contribution in [0, 0.1) is 6.92 Å². The molecule has 0 radical (unpaired) electrons. The molecule has 0 saturated heterocycles. The molecule has 2 aliphatic rings. The summed E-state index contributed by atoms with van der Waals surface area (Å²) in [6, 6.07) is 3.94. The summed E-state index contributed by atoms with van der Waals surface area (Å²) in [4.78, 5) is 41.4. The molecule has 0 bridgehead atoms. The average molecular weight is 639 g/mol. The SMILES string of the molecule is COC(=O)C[C@H](C(=O)N1CCc2c1ccc(OCc1cc(C3CCCCC3)c(C(F)(F)F)s1)c2C)N(C)C(=O)OC(C)(C)C. The maximum atomic E-state index is 13.9. The Bertz CT molecular complexity index is 1380. The van der Waals surface area contributed by atoms with Crippen molar-refractivity contribution in [3.63, 3.8) is 0 Å². The van der Waals surface area contributed by atoms with Crippen LogP contribution in [0.5, 0.6) is 5.75 Å². The maximum Gasteiger partial charge on any atom is 0.425 e. The van der Waals surface area contributed by atoms with Gasteiger partial charge < -0.3 is 19.1 Å². The fourth-order valence-corrected chi connectivity index (χ4v) is 6.93. The van der Waals surface area contributed by atoms with Crippen LogP contribution in [-0.4, -0.2) is 55.2 Å². The van der Waals surface area contributed by atoms with E-state index in [1.165, 1.54) is 19.1 Å². The Hall–Kier alpha value is -3.28. The molecule has 44 heavy (non-hydrogen) atoms. The summed E-state index contributed by atoms with van der Waals surface area (Å²) in [5, 5.41) is 0. The van der Waals surface area contributed by atoms with Crippen molar-refractivity contribution in [2.75, 3.05) is 25.6 Å². The molecular formula is C32H41F3N2O6S. The molecule has 4 rings (SSSR count). The molecular weight excluding hydrogens is 597 g/mol. The first kappa shape index (κ1) is 33.6. The van der Waals surface area contributed by atoms with Gasteiger partial charge in [0.1, 0.15) is 28.9 Å². The van der Waals surface area contributed by atoms with E-state index in [2.05, 4.69) is 0 Å². The molecule has 0 N–H and O–H groups in total. The summed E-state index contributed by atoms with van der Waals surface area (Å²) in [6.45, 7) is 7.30. The number of likely N-dealkylation sites (N-methyl/N-ethyl adjacent to an activating group) is 1. The smallest absolute Gasteiger partial charge is 0.425 e. The van der Waals surface area contributed by atoms with E-state index in [4.69, 9.17) is 14.2 Å².